The first kappa shape index (κ1) is 16.1. The van der Waals surface area contributed by atoms with E-state index in [0.29, 0.717) is 16.5 Å². The summed E-state index contributed by atoms with van der Waals surface area (Å²) in [5.74, 6) is -1.57. The van der Waals surface area contributed by atoms with Crippen molar-refractivity contribution in [1.82, 2.24) is 0 Å². The molecule has 0 spiro atoms. The van der Waals surface area contributed by atoms with E-state index in [4.69, 9.17) is 4.74 Å². The second-order valence-electron chi connectivity index (χ2n) is 4.27. The lowest BCUT2D eigenvalue weighted by atomic mass is 9.92. The Morgan fingerprint density at radius 3 is 2.68 bits per heavy atom. The van der Waals surface area contributed by atoms with Crippen LogP contribution in [0, 0.1) is 11.7 Å². The quantitative estimate of drug-likeness (QED) is 0.809. The van der Waals surface area contributed by atoms with E-state index >= 15 is 0 Å². The van der Waals surface area contributed by atoms with Gasteiger partial charge in [0.25, 0.3) is 0 Å². The summed E-state index contributed by atoms with van der Waals surface area (Å²) in [6.45, 7) is 3.90. The van der Waals surface area contributed by atoms with Gasteiger partial charge in [-0.15, -0.1) is 0 Å². The van der Waals surface area contributed by atoms with Crippen molar-refractivity contribution in [3.05, 3.63) is 34.1 Å². The van der Waals surface area contributed by atoms with Crippen LogP contribution >= 0.6 is 15.9 Å². The molecule has 0 bridgehead atoms. The van der Waals surface area contributed by atoms with Crippen LogP contribution in [-0.4, -0.2) is 17.7 Å². The maximum Gasteiger partial charge on any atom is 0.311 e. The second kappa shape index (κ2) is 7.60. The molecule has 1 rings (SSSR count). The van der Waals surface area contributed by atoms with Crippen molar-refractivity contribution < 1.29 is 19.0 Å². The molecule has 0 aliphatic rings. The van der Waals surface area contributed by atoms with Crippen molar-refractivity contribution in [3.8, 4) is 0 Å². The molecule has 1 aromatic rings. The van der Waals surface area contributed by atoms with Gasteiger partial charge in [0.05, 0.1) is 23.1 Å². The standard InChI is InChI=1S/C14H18BrFO3/c1-3-5-10(14(18)19-4-2)13(17)9-6-7-11(15)12(16)8-9/h6-8,10,13,17H,3-5H2,1-2H3. The minimum atomic E-state index is -1.05. The fraction of sp³-hybridized carbons (Fsp3) is 0.500. The van der Waals surface area contributed by atoms with E-state index < -0.39 is 23.8 Å². The fourth-order valence-corrected chi connectivity index (χ4v) is 2.14. The van der Waals surface area contributed by atoms with Crippen LogP contribution in [0.2, 0.25) is 0 Å². The third-order valence-electron chi connectivity index (χ3n) is 2.86. The van der Waals surface area contributed by atoms with Gasteiger partial charge >= 0.3 is 5.97 Å². The van der Waals surface area contributed by atoms with Gasteiger partial charge in [-0.1, -0.05) is 19.4 Å². The smallest absolute Gasteiger partial charge is 0.311 e. The SMILES string of the molecule is CCCC(C(=O)OCC)C(O)c1ccc(Br)c(F)c1. The second-order valence-corrected chi connectivity index (χ2v) is 5.12. The predicted octanol–water partition coefficient (Wildman–Crippen LogP) is 3.60. The van der Waals surface area contributed by atoms with Gasteiger partial charge in [-0.2, -0.15) is 0 Å². The molecule has 106 valence electrons. The molecule has 0 fully saturated rings. The Labute approximate surface area is 120 Å². The van der Waals surface area contributed by atoms with Crippen LogP contribution < -0.4 is 0 Å². The number of rotatable bonds is 6. The minimum Gasteiger partial charge on any atom is -0.466 e. The van der Waals surface area contributed by atoms with E-state index in [-0.39, 0.29) is 6.61 Å². The molecule has 2 unspecified atom stereocenters. The van der Waals surface area contributed by atoms with E-state index in [1.807, 2.05) is 6.92 Å². The zero-order valence-electron chi connectivity index (χ0n) is 11.0. The average molecular weight is 333 g/mol. The Bertz CT molecular complexity index is 437. The molecular formula is C14H18BrFO3. The number of ether oxygens (including phenoxy) is 1. The van der Waals surface area contributed by atoms with Crippen molar-refractivity contribution in [3.63, 3.8) is 0 Å². The lowest BCUT2D eigenvalue weighted by molar-refractivity contribution is -0.152. The molecule has 0 aromatic heterocycles. The van der Waals surface area contributed by atoms with Gasteiger partial charge in [-0.3, -0.25) is 4.79 Å². The van der Waals surface area contributed by atoms with Crippen LogP contribution in [0.25, 0.3) is 0 Å². The van der Waals surface area contributed by atoms with Crippen molar-refractivity contribution in [1.29, 1.82) is 0 Å². The van der Waals surface area contributed by atoms with Crippen LogP contribution in [0.3, 0.4) is 0 Å². The van der Waals surface area contributed by atoms with Crippen LogP contribution in [0.1, 0.15) is 38.4 Å². The van der Waals surface area contributed by atoms with Crippen molar-refractivity contribution in [2.45, 2.75) is 32.8 Å². The van der Waals surface area contributed by atoms with Gasteiger partial charge in [-0.25, -0.2) is 4.39 Å². The topological polar surface area (TPSA) is 46.5 Å². The van der Waals surface area contributed by atoms with Gasteiger partial charge in [0, 0.05) is 0 Å². The highest BCUT2D eigenvalue weighted by Crippen LogP contribution is 2.29. The third kappa shape index (κ3) is 4.28. The predicted molar refractivity (Wildman–Crippen MR) is 74.1 cm³/mol. The van der Waals surface area contributed by atoms with Crippen LogP contribution in [0.4, 0.5) is 4.39 Å². The maximum absolute atomic E-state index is 13.5. The number of halogens is 2. The number of carbonyl (C=O) groups excluding carboxylic acids is 1. The van der Waals surface area contributed by atoms with Gasteiger partial charge < -0.3 is 9.84 Å². The zero-order chi connectivity index (χ0) is 14.4. The number of hydrogen-bond donors (Lipinski definition) is 1. The molecule has 2 atom stereocenters. The van der Waals surface area contributed by atoms with Crippen molar-refractivity contribution in [2.24, 2.45) is 5.92 Å². The first-order valence-corrected chi connectivity index (χ1v) is 7.10. The molecule has 5 heteroatoms. The Kier molecular flexibility index (Phi) is 6.45. The van der Waals surface area contributed by atoms with Crippen LogP contribution in [0.5, 0.6) is 0 Å². The van der Waals surface area contributed by atoms with Crippen molar-refractivity contribution >= 4 is 21.9 Å². The Morgan fingerprint density at radius 1 is 1.47 bits per heavy atom. The van der Waals surface area contributed by atoms with E-state index in [0.717, 1.165) is 6.42 Å². The molecule has 0 aliphatic carbocycles. The number of hydrogen-bond acceptors (Lipinski definition) is 3. The van der Waals surface area contributed by atoms with Crippen LogP contribution in [-0.2, 0) is 9.53 Å². The monoisotopic (exact) mass is 332 g/mol. The first-order chi connectivity index (χ1) is 9.01. The number of carbonyl (C=O) groups is 1. The summed E-state index contributed by atoms with van der Waals surface area (Å²) < 4.78 is 18.7. The largest absolute Gasteiger partial charge is 0.466 e. The highest BCUT2D eigenvalue weighted by Gasteiger charge is 2.28. The maximum atomic E-state index is 13.5. The van der Waals surface area contributed by atoms with E-state index in [1.54, 1.807) is 13.0 Å². The van der Waals surface area contributed by atoms with Gasteiger partial charge in [0.2, 0.25) is 0 Å². The molecule has 19 heavy (non-hydrogen) atoms. The zero-order valence-corrected chi connectivity index (χ0v) is 12.6. The summed E-state index contributed by atoms with van der Waals surface area (Å²) in [4.78, 5) is 11.8. The van der Waals surface area contributed by atoms with Gasteiger partial charge in [0.15, 0.2) is 0 Å². The summed E-state index contributed by atoms with van der Waals surface area (Å²) in [6.07, 6.45) is 0.179. The Balaban J connectivity index is 2.94. The molecule has 0 saturated heterocycles. The van der Waals surface area contributed by atoms with Crippen LogP contribution in [0.15, 0.2) is 22.7 Å². The summed E-state index contributed by atoms with van der Waals surface area (Å²) in [5.41, 5.74) is 0.382. The minimum absolute atomic E-state index is 0.264. The normalized spacial score (nSPS) is 13.9. The molecule has 0 saturated carbocycles. The lowest BCUT2D eigenvalue weighted by Crippen LogP contribution is -2.24. The third-order valence-corrected chi connectivity index (χ3v) is 3.50. The first-order valence-electron chi connectivity index (χ1n) is 6.30. The Hall–Kier alpha value is -0.940. The molecule has 0 heterocycles. The highest BCUT2D eigenvalue weighted by molar-refractivity contribution is 9.10. The summed E-state index contributed by atoms with van der Waals surface area (Å²) in [7, 11) is 0. The highest BCUT2D eigenvalue weighted by atomic mass is 79.9. The lowest BCUT2D eigenvalue weighted by Gasteiger charge is -2.21. The van der Waals surface area contributed by atoms with E-state index in [9.17, 15) is 14.3 Å². The van der Waals surface area contributed by atoms with Crippen molar-refractivity contribution in [2.75, 3.05) is 6.61 Å². The number of esters is 1. The average Bonchev–Trinajstić information content (AvgIpc) is 2.38. The van der Waals surface area contributed by atoms with E-state index in [1.165, 1.54) is 12.1 Å². The fourth-order valence-electron chi connectivity index (χ4n) is 1.89. The number of benzene rings is 1. The molecular weight excluding hydrogens is 315 g/mol. The Morgan fingerprint density at radius 2 is 2.16 bits per heavy atom. The summed E-state index contributed by atoms with van der Waals surface area (Å²) >= 11 is 3.05. The molecule has 1 aromatic carbocycles. The number of aliphatic hydroxyl groups is 1. The summed E-state index contributed by atoms with van der Waals surface area (Å²) in [6, 6.07) is 4.35. The molecule has 3 nitrogen and oxygen atoms in total. The summed E-state index contributed by atoms with van der Waals surface area (Å²) in [5, 5.41) is 10.2. The molecule has 1 N–H and O–H groups in total. The van der Waals surface area contributed by atoms with E-state index in [2.05, 4.69) is 15.9 Å². The number of aliphatic hydroxyl groups excluding tert-OH is 1. The molecule has 0 radical (unpaired) electrons. The van der Waals surface area contributed by atoms with Gasteiger partial charge in [-0.05, 0) is 47.0 Å². The molecule has 0 aliphatic heterocycles. The van der Waals surface area contributed by atoms with Gasteiger partial charge in [0.1, 0.15) is 5.82 Å². The molecule has 0 amide bonds.